The number of morpholine rings is 1. The minimum atomic E-state index is -0.164. The minimum Gasteiger partial charge on any atom is -0.371 e. The van der Waals surface area contributed by atoms with Gasteiger partial charge in [-0.25, -0.2) is 4.79 Å². The first-order valence-corrected chi connectivity index (χ1v) is 8.96. The Bertz CT molecular complexity index is 631. The molecule has 0 aromatic carbocycles. The molecule has 2 fully saturated rings. The molecule has 0 bridgehead atoms. The van der Waals surface area contributed by atoms with Gasteiger partial charge in [0.1, 0.15) is 6.54 Å². The maximum atomic E-state index is 12.6. The van der Waals surface area contributed by atoms with Gasteiger partial charge in [-0.05, 0) is 19.8 Å². The van der Waals surface area contributed by atoms with Crippen LogP contribution in [-0.2, 0) is 16.1 Å². The van der Waals surface area contributed by atoms with Crippen molar-refractivity contribution in [3.8, 4) is 0 Å². The van der Waals surface area contributed by atoms with E-state index in [1.54, 1.807) is 17.8 Å². The number of ether oxygens (including phenoxy) is 1. The number of anilines is 1. The molecular weight excluding hydrogens is 322 g/mol. The third-order valence-corrected chi connectivity index (χ3v) is 5.09. The zero-order chi connectivity index (χ0) is 17.9. The van der Waals surface area contributed by atoms with E-state index in [2.05, 4.69) is 15.7 Å². The Kier molecular flexibility index (Phi) is 5.27. The van der Waals surface area contributed by atoms with Gasteiger partial charge in [-0.2, -0.15) is 5.10 Å². The lowest BCUT2D eigenvalue weighted by Gasteiger charge is -2.44. The van der Waals surface area contributed by atoms with Crippen molar-refractivity contribution in [2.24, 2.45) is 0 Å². The fourth-order valence-electron chi connectivity index (χ4n) is 3.65. The molecule has 1 spiro atoms. The van der Waals surface area contributed by atoms with Gasteiger partial charge in [0.05, 0.1) is 18.8 Å². The third kappa shape index (κ3) is 4.12. The van der Waals surface area contributed by atoms with Gasteiger partial charge in [0, 0.05) is 25.4 Å². The summed E-state index contributed by atoms with van der Waals surface area (Å²) in [6.07, 6.45) is 5.63. The van der Waals surface area contributed by atoms with Crippen LogP contribution in [0.3, 0.4) is 0 Å². The van der Waals surface area contributed by atoms with Crippen LogP contribution in [0.4, 0.5) is 10.6 Å². The van der Waals surface area contributed by atoms with Gasteiger partial charge >= 0.3 is 6.03 Å². The summed E-state index contributed by atoms with van der Waals surface area (Å²) in [5.41, 5.74) is 0.659. The Labute approximate surface area is 147 Å². The van der Waals surface area contributed by atoms with Crippen molar-refractivity contribution in [3.05, 3.63) is 11.8 Å². The average molecular weight is 349 g/mol. The Morgan fingerprint density at radius 1 is 1.32 bits per heavy atom. The standard InChI is InChI=1S/C17H27N5O3/c1-13-10-14(20-22(13)11-15(23)18-2)19-16(24)21-8-9-25-17(12-21)6-4-3-5-7-17/h10H,3-9,11-12H2,1-2H3,(H,18,23)(H,19,20,24). The van der Waals surface area contributed by atoms with Gasteiger partial charge in [-0.1, -0.05) is 19.3 Å². The number of rotatable bonds is 3. The Hall–Kier alpha value is -2.09. The van der Waals surface area contributed by atoms with Crippen LogP contribution in [0.25, 0.3) is 0 Å². The summed E-state index contributed by atoms with van der Waals surface area (Å²) in [5, 5.41) is 9.72. The predicted molar refractivity (Wildman–Crippen MR) is 93.4 cm³/mol. The molecular formula is C17H27N5O3. The average Bonchev–Trinajstić information content (AvgIpc) is 2.94. The summed E-state index contributed by atoms with van der Waals surface area (Å²) in [6.45, 7) is 3.80. The number of carbonyl (C=O) groups is 2. The smallest absolute Gasteiger partial charge is 0.323 e. The second-order valence-corrected chi connectivity index (χ2v) is 6.95. The van der Waals surface area contributed by atoms with Crippen LogP contribution in [0.2, 0.25) is 0 Å². The maximum Gasteiger partial charge on any atom is 0.323 e. The maximum absolute atomic E-state index is 12.6. The zero-order valence-electron chi connectivity index (χ0n) is 15.0. The quantitative estimate of drug-likeness (QED) is 0.866. The fourth-order valence-corrected chi connectivity index (χ4v) is 3.65. The van der Waals surface area contributed by atoms with Crippen molar-refractivity contribution in [1.82, 2.24) is 20.0 Å². The molecule has 2 heterocycles. The molecule has 0 unspecified atom stereocenters. The number of hydrogen-bond acceptors (Lipinski definition) is 4. The Morgan fingerprint density at radius 2 is 2.08 bits per heavy atom. The summed E-state index contributed by atoms with van der Waals surface area (Å²) in [5.74, 6) is 0.340. The molecule has 8 heteroatoms. The number of nitrogens with one attached hydrogen (secondary N) is 2. The SMILES string of the molecule is CNC(=O)Cn1nc(NC(=O)N2CCOC3(CCCCC3)C2)cc1C. The fraction of sp³-hybridized carbons (Fsp3) is 0.706. The summed E-state index contributed by atoms with van der Waals surface area (Å²) >= 11 is 0. The Morgan fingerprint density at radius 3 is 2.80 bits per heavy atom. The number of nitrogens with zero attached hydrogens (tertiary/aromatic N) is 3. The minimum absolute atomic E-state index is 0.128. The molecule has 3 rings (SSSR count). The molecule has 0 radical (unpaired) electrons. The predicted octanol–water partition coefficient (Wildman–Crippen LogP) is 1.50. The van der Waals surface area contributed by atoms with Crippen molar-refractivity contribution in [2.45, 2.75) is 51.2 Å². The van der Waals surface area contributed by atoms with E-state index in [1.807, 2.05) is 11.8 Å². The first-order chi connectivity index (χ1) is 12.0. The lowest BCUT2D eigenvalue weighted by atomic mass is 9.83. The monoisotopic (exact) mass is 349 g/mol. The van der Waals surface area contributed by atoms with Crippen LogP contribution >= 0.6 is 0 Å². The van der Waals surface area contributed by atoms with Crippen molar-refractivity contribution < 1.29 is 14.3 Å². The number of hydrogen-bond donors (Lipinski definition) is 2. The van der Waals surface area contributed by atoms with Gasteiger partial charge in [-0.15, -0.1) is 0 Å². The molecule has 3 amide bonds. The molecule has 2 N–H and O–H groups in total. The molecule has 1 aromatic rings. The number of likely N-dealkylation sites (N-methyl/N-ethyl adjacent to an activating group) is 1. The summed E-state index contributed by atoms with van der Waals surface area (Å²) in [7, 11) is 1.59. The van der Waals surface area contributed by atoms with Gasteiger partial charge in [0.25, 0.3) is 0 Å². The third-order valence-electron chi connectivity index (χ3n) is 5.09. The second kappa shape index (κ2) is 7.43. The molecule has 2 aliphatic rings. The summed E-state index contributed by atoms with van der Waals surface area (Å²) < 4.78 is 7.61. The molecule has 138 valence electrons. The zero-order valence-corrected chi connectivity index (χ0v) is 15.0. The molecule has 1 saturated heterocycles. The highest BCUT2D eigenvalue weighted by molar-refractivity contribution is 5.88. The topological polar surface area (TPSA) is 88.5 Å². The van der Waals surface area contributed by atoms with E-state index in [4.69, 9.17) is 4.74 Å². The lowest BCUT2D eigenvalue weighted by Crippen LogP contribution is -2.55. The van der Waals surface area contributed by atoms with Crippen LogP contribution < -0.4 is 10.6 Å². The molecule has 1 saturated carbocycles. The van der Waals surface area contributed by atoms with Crippen LogP contribution in [0, 0.1) is 6.92 Å². The molecule has 1 aliphatic carbocycles. The molecule has 8 nitrogen and oxygen atoms in total. The van der Waals surface area contributed by atoms with Crippen LogP contribution in [0.1, 0.15) is 37.8 Å². The molecule has 25 heavy (non-hydrogen) atoms. The normalized spacial score (nSPS) is 19.7. The number of aryl methyl sites for hydroxylation is 1. The van der Waals surface area contributed by atoms with E-state index in [-0.39, 0.29) is 24.1 Å². The summed E-state index contributed by atoms with van der Waals surface area (Å²) in [4.78, 5) is 25.9. The first-order valence-electron chi connectivity index (χ1n) is 8.96. The highest BCUT2D eigenvalue weighted by Crippen LogP contribution is 2.34. The van der Waals surface area contributed by atoms with E-state index in [0.29, 0.717) is 25.5 Å². The van der Waals surface area contributed by atoms with E-state index < -0.39 is 0 Å². The van der Waals surface area contributed by atoms with Gasteiger partial charge in [0.2, 0.25) is 5.91 Å². The highest BCUT2D eigenvalue weighted by Gasteiger charge is 2.39. The molecule has 1 aliphatic heterocycles. The van der Waals surface area contributed by atoms with Crippen molar-refractivity contribution in [2.75, 3.05) is 32.1 Å². The lowest BCUT2D eigenvalue weighted by molar-refractivity contribution is -0.121. The molecule has 1 aromatic heterocycles. The van der Waals surface area contributed by atoms with E-state index in [9.17, 15) is 9.59 Å². The molecule has 0 atom stereocenters. The Balaban J connectivity index is 1.62. The second-order valence-electron chi connectivity index (χ2n) is 6.95. The van der Waals surface area contributed by atoms with Crippen LogP contribution in [0.15, 0.2) is 6.07 Å². The van der Waals surface area contributed by atoms with Crippen molar-refractivity contribution >= 4 is 17.8 Å². The van der Waals surface area contributed by atoms with E-state index in [1.165, 1.54) is 19.3 Å². The van der Waals surface area contributed by atoms with Crippen molar-refractivity contribution in [1.29, 1.82) is 0 Å². The van der Waals surface area contributed by atoms with Gasteiger partial charge in [0.15, 0.2) is 5.82 Å². The van der Waals surface area contributed by atoms with E-state index in [0.717, 1.165) is 18.5 Å². The summed E-state index contributed by atoms with van der Waals surface area (Å²) in [6, 6.07) is 1.62. The number of aromatic nitrogens is 2. The first kappa shape index (κ1) is 17.7. The van der Waals surface area contributed by atoms with Gasteiger partial charge in [-0.3, -0.25) is 14.8 Å². The van der Waals surface area contributed by atoms with Crippen LogP contribution in [-0.4, -0.2) is 59.0 Å². The van der Waals surface area contributed by atoms with Gasteiger partial charge < -0.3 is 15.0 Å². The van der Waals surface area contributed by atoms with Crippen molar-refractivity contribution in [3.63, 3.8) is 0 Å². The largest absolute Gasteiger partial charge is 0.371 e. The van der Waals surface area contributed by atoms with E-state index >= 15 is 0 Å². The number of carbonyl (C=O) groups excluding carboxylic acids is 2. The highest BCUT2D eigenvalue weighted by atomic mass is 16.5. The van der Waals surface area contributed by atoms with Crippen LogP contribution in [0.5, 0.6) is 0 Å². The number of urea groups is 1. The number of amides is 3.